The van der Waals surface area contributed by atoms with E-state index in [2.05, 4.69) is 9.97 Å². The van der Waals surface area contributed by atoms with Gasteiger partial charge in [0, 0.05) is 19.7 Å². The first-order valence-electron chi connectivity index (χ1n) is 7.91. The van der Waals surface area contributed by atoms with Crippen LogP contribution >= 0.6 is 28.7 Å². The van der Waals surface area contributed by atoms with E-state index in [-0.39, 0.29) is 39.7 Å². The van der Waals surface area contributed by atoms with Crippen molar-refractivity contribution in [3.05, 3.63) is 44.6 Å². The number of ketones is 1. The number of H-pyrrole nitrogens is 1. The number of nitrogens with one attached hydrogen (secondary N) is 1. The zero-order valence-corrected chi connectivity index (χ0v) is 18.2. The van der Waals surface area contributed by atoms with Crippen LogP contribution in [0.5, 0.6) is 11.5 Å². The number of aromatic nitrogens is 4. The molecule has 150 valence electrons. The summed E-state index contributed by atoms with van der Waals surface area (Å²) in [5, 5.41) is 0.386. The minimum atomic E-state index is -0.461. The predicted molar refractivity (Wildman–Crippen MR) is 111 cm³/mol. The van der Waals surface area contributed by atoms with Crippen LogP contribution in [0.4, 0.5) is 0 Å². The van der Waals surface area contributed by atoms with E-state index in [9.17, 15) is 14.4 Å². The van der Waals surface area contributed by atoms with Gasteiger partial charge in [-0.15, -0.1) is 17.0 Å². The Morgan fingerprint density at radius 2 is 1.82 bits per heavy atom. The van der Waals surface area contributed by atoms with Crippen molar-refractivity contribution in [3.63, 3.8) is 0 Å². The fourth-order valence-electron chi connectivity index (χ4n) is 2.60. The maximum atomic E-state index is 12.5. The van der Waals surface area contributed by atoms with Gasteiger partial charge in [-0.1, -0.05) is 11.8 Å². The van der Waals surface area contributed by atoms with Crippen LogP contribution in [0.25, 0.3) is 11.2 Å². The molecule has 0 spiro atoms. The van der Waals surface area contributed by atoms with E-state index in [4.69, 9.17) is 9.47 Å². The summed E-state index contributed by atoms with van der Waals surface area (Å²) >= 11 is 1.15. The fourth-order valence-corrected chi connectivity index (χ4v) is 3.36. The molecule has 0 fully saturated rings. The molecule has 28 heavy (non-hydrogen) atoms. The van der Waals surface area contributed by atoms with E-state index >= 15 is 0 Å². The Morgan fingerprint density at radius 1 is 1.14 bits per heavy atom. The number of aryl methyl sites for hydroxylation is 1. The van der Waals surface area contributed by atoms with Crippen molar-refractivity contribution in [1.82, 2.24) is 19.1 Å². The van der Waals surface area contributed by atoms with E-state index < -0.39 is 11.2 Å². The smallest absolute Gasteiger partial charge is 0.332 e. The molecule has 0 saturated heterocycles. The van der Waals surface area contributed by atoms with Crippen molar-refractivity contribution in [2.75, 3.05) is 20.0 Å². The molecular formula is C17H19BrN4O5S. The molecule has 9 nitrogen and oxygen atoms in total. The number of aromatic amines is 1. The topological polar surface area (TPSA) is 108 Å². The van der Waals surface area contributed by atoms with Crippen molar-refractivity contribution < 1.29 is 14.3 Å². The lowest BCUT2D eigenvalue weighted by atomic mass is 10.1. The summed E-state index contributed by atoms with van der Waals surface area (Å²) in [5.41, 5.74) is 0.0278. The van der Waals surface area contributed by atoms with Gasteiger partial charge in [0.15, 0.2) is 33.6 Å². The zero-order chi connectivity index (χ0) is 19.7. The third-order valence-electron chi connectivity index (χ3n) is 4.12. The normalized spacial score (nSPS) is 10.6. The first-order valence-corrected chi connectivity index (χ1v) is 8.89. The van der Waals surface area contributed by atoms with Gasteiger partial charge in [-0.05, 0) is 18.2 Å². The number of hydrogen-bond donors (Lipinski definition) is 1. The summed E-state index contributed by atoms with van der Waals surface area (Å²) in [6.45, 7) is 0. The highest BCUT2D eigenvalue weighted by Crippen LogP contribution is 2.28. The van der Waals surface area contributed by atoms with Gasteiger partial charge < -0.3 is 14.5 Å². The SMILES string of the molecule is Br.COc1ccc(C(=O)CSc2nc3c([nH]2)c(=O)n(C)c(=O)n3C)cc1OC. The van der Waals surface area contributed by atoms with Gasteiger partial charge in [0.25, 0.3) is 5.56 Å². The second-order valence-corrected chi connectivity index (χ2v) is 6.69. The number of Topliss-reactive ketones (excluding diaryl/α,β-unsaturated/α-hetero) is 1. The fraction of sp³-hybridized carbons (Fsp3) is 0.294. The molecule has 1 aromatic carbocycles. The van der Waals surface area contributed by atoms with Gasteiger partial charge in [0.2, 0.25) is 0 Å². The average molecular weight is 471 g/mol. The molecule has 11 heteroatoms. The number of thioether (sulfide) groups is 1. The van der Waals surface area contributed by atoms with Crippen LogP contribution in [0, 0.1) is 0 Å². The number of carbonyl (C=O) groups excluding carboxylic acids is 1. The van der Waals surface area contributed by atoms with Crippen LogP contribution in [0.1, 0.15) is 10.4 Å². The maximum absolute atomic E-state index is 12.5. The molecule has 0 amide bonds. The third kappa shape index (κ3) is 3.85. The monoisotopic (exact) mass is 470 g/mol. The van der Waals surface area contributed by atoms with Gasteiger partial charge in [0.1, 0.15) is 0 Å². The summed E-state index contributed by atoms with van der Waals surface area (Å²) in [6, 6.07) is 4.93. The van der Waals surface area contributed by atoms with Crippen LogP contribution in [0.3, 0.4) is 0 Å². The Hall–Kier alpha value is -2.53. The number of carbonyl (C=O) groups is 1. The Labute approximate surface area is 174 Å². The van der Waals surface area contributed by atoms with Crippen LogP contribution in [-0.2, 0) is 14.1 Å². The standard InChI is InChI=1S/C17H18N4O5S.BrH/c1-20-14-13(15(23)21(2)17(20)24)18-16(19-14)27-8-10(22)9-5-6-11(25-3)12(7-9)26-4;/h5-7H,8H2,1-4H3,(H,18,19);1H. The summed E-state index contributed by atoms with van der Waals surface area (Å²) in [4.78, 5) is 43.8. The van der Waals surface area contributed by atoms with Crippen molar-refractivity contribution in [2.45, 2.75) is 5.16 Å². The lowest BCUT2D eigenvalue weighted by molar-refractivity contribution is 0.102. The number of rotatable bonds is 6. The second-order valence-electron chi connectivity index (χ2n) is 5.73. The number of methoxy groups -OCH3 is 2. The molecule has 0 aliphatic rings. The van der Waals surface area contributed by atoms with E-state index in [1.54, 1.807) is 18.2 Å². The van der Waals surface area contributed by atoms with E-state index in [1.807, 2.05) is 0 Å². The van der Waals surface area contributed by atoms with Crippen LogP contribution in [0.2, 0.25) is 0 Å². The number of hydrogen-bond acceptors (Lipinski definition) is 7. The minimum Gasteiger partial charge on any atom is -0.493 e. The van der Waals surface area contributed by atoms with E-state index in [0.29, 0.717) is 22.2 Å². The van der Waals surface area contributed by atoms with Crippen molar-refractivity contribution in [3.8, 4) is 11.5 Å². The molecule has 0 radical (unpaired) electrons. The number of halogens is 1. The van der Waals surface area contributed by atoms with Gasteiger partial charge >= 0.3 is 5.69 Å². The first kappa shape index (κ1) is 21.8. The van der Waals surface area contributed by atoms with Crippen molar-refractivity contribution in [1.29, 1.82) is 0 Å². The number of fused-ring (bicyclic) bond motifs is 1. The van der Waals surface area contributed by atoms with E-state index in [0.717, 1.165) is 16.3 Å². The second kappa shape index (κ2) is 8.65. The number of imidazole rings is 1. The Morgan fingerprint density at radius 3 is 2.46 bits per heavy atom. The highest BCUT2D eigenvalue weighted by molar-refractivity contribution is 8.93. The molecule has 1 N–H and O–H groups in total. The Balaban J connectivity index is 0.00000280. The van der Waals surface area contributed by atoms with Crippen LogP contribution in [-0.4, -0.2) is 44.9 Å². The maximum Gasteiger partial charge on any atom is 0.332 e. The molecule has 0 bridgehead atoms. The molecule has 3 rings (SSSR count). The molecule has 2 aromatic heterocycles. The summed E-state index contributed by atoms with van der Waals surface area (Å²) in [7, 11) is 5.96. The lowest BCUT2D eigenvalue weighted by Crippen LogP contribution is -2.36. The molecule has 0 aliphatic heterocycles. The van der Waals surface area contributed by atoms with Crippen LogP contribution in [0.15, 0.2) is 32.9 Å². The Kier molecular flexibility index (Phi) is 6.73. The Bertz CT molecular complexity index is 1150. The lowest BCUT2D eigenvalue weighted by Gasteiger charge is -2.08. The molecule has 2 heterocycles. The first-order chi connectivity index (χ1) is 12.9. The zero-order valence-electron chi connectivity index (χ0n) is 15.6. The quantitative estimate of drug-likeness (QED) is 0.429. The predicted octanol–water partition coefficient (Wildman–Crippen LogP) is 1.53. The average Bonchev–Trinajstić information content (AvgIpc) is 3.12. The molecule has 3 aromatic rings. The number of nitrogens with zero attached hydrogens (tertiary/aromatic N) is 3. The van der Waals surface area contributed by atoms with Gasteiger partial charge in [0.05, 0.1) is 20.0 Å². The summed E-state index contributed by atoms with van der Waals surface area (Å²) in [5.74, 6) is 0.971. The molecule has 0 unspecified atom stereocenters. The molecule has 0 atom stereocenters. The van der Waals surface area contributed by atoms with Crippen molar-refractivity contribution in [2.24, 2.45) is 14.1 Å². The summed E-state index contributed by atoms with van der Waals surface area (Å²) < 4.78 is 12.7. The summed E-state index contributed by atoms with van der Waals surface area (Å²) in [6.07, 6.45) is 0. The minimum absolute atomic E-state index is 0. The van der Waals surface area contributed by atoms with Crippen LogP contribution < -0.4 is 20.7 Å². The molecule has 0 aliphatic carbocycles. The number of ether oxygens (including phenoxy) is 2. The van der Waals surface area contributed by atoms with Gasteiger partial charge in [-0.2, -0.15) is 0 Å². The highest BCUT2D eigenvalue weighted by Gasteiger charge is 2.16. The largest absolute Gasteiger partial charge is 0.493 e. The van der Waals surface area contributed by atoms with E-state index in [1.165, 1.54) is 32.9 Å². The molecular weight excluding hydrogens is 452 g/mol. The number of benzene rings is 1. The van der Waals surface area contributed by atoms with Gasteiger partial charge in [-0.25, -0.2) is 9.78 Å². The molecule has 0 saturated carbocycles. The highest BCUT2D eigenvalue weighted by atomic mass is 79.9. The van der Waals surface area contributed by atoms with Gasteiger partial charge in [-0.3, -0.25) is 18.7 Å². The third-order valence-corrected chi connectivity index (χ3v) is 4.99. The van der Waals surface area contributed by atoms with Crippen molar-refractivity contribution >= 4 is 45.7 Å².